The molecule has 0 unspecified atom stereocenters. The smallest absolute Gasteiger partial charge is 0.00665 e. The van der Waals surface area contributed by atoms with Crippen LogP contribution in [0.3, 0.4) is 0 Å². The van der Waals surface area contributed by atoms with Gasteiger partial charge in [0, 0.05) is 0 Å². The van der Waals surface area contributed by atoms with Crippen molar-refractivity contribution in [1.82, 2.24) is 0 Å². The minimum atomic E-state index is 1.31. The fourth-order valence-electron chi connectivity index (χ4n) is 5.19. The van der Waals surface area contributed by atoms with Crippen LogP contribution >= 0.6 is 0 Å². The Morgan fingerprint density at radius 2 is 0.812 bits per heavy atom. The summed E-state index contributed by atoms with van der Waals surface area (Å²) < 4.78 is 0. The summed E-state index contributed by atoms with van der Waals surface area (Å²) in [6, 6.07) is 18.9. The van der Waals surface area contributed by atoms with Gasteiger partial charge in [-0.3, -0.25) is 0 Å². The molecule has 0 spiro atoms. The highest BCUT2D eigenvalue weighted by atomic mass is 14.2. The van der Waals surface area contributed by atoms with Crippen molar-refractivity contribution >= 4 is 32.3 Å². The molecule has 32 heavy (non-hydrogen) atoms. The van der Waals surface area contributed by atoms with E-state index in [-0.39, 0.29) is 0 Å². The Morgan fingerprint density at radius 1 is 0.375 bits per heavy atom. The molecule has 0 nitrogen and oxygen atoms in total. The predicted molar refractivity (Wildman–Crippen MR) is 142 cm³/mol. The van der Waals surface area contributed by atoms with Gasteiger partial charge in [-0.2, -0.15) is 0 Å². The summed E-state index contributed by atoms with van der Waals surface area (Å²) in [6.07, 6.45) is 0. The molecule has 0 radical (unpaired) electrons. The van der Waals surface area contributed by atoms with Gasteiger partial charge in [0.1, 0.15) is 0 Å². The Labute approximate surface area is 191 Å². The van der Waals surface area contributed by atoms with E-state index in [9.17, 15) is 0 Å². The first-order valence-corrected chi connectivity index (χ1v) is 11.6. The molecule has 0 aliphatic carbocycles. The number of benzene rings is 5. The normalized spacial score (nSPS) is 11.8. The molecule has 5 aromatic carbocycles. The second-order valence-corrected chi connectivity index (χ2v) is 9.86. The van der Waals surface area contributed by atoms with E-state index in [1.54, 1.807) is 0 Å². The number of rotatable bonds is 1. The van der Waals surface area contributed by atoms with E-state index in [2.05, 4.69) is 104 Å². The van der Waals surface area contributed by atoms with Gasteiger partial charge < -0.3 is 0 Å². The molecule has 0 bridgehead atoms. The van der Waals surface area contributed by atoms with Gasteiger partial charge in [0.05, 0.1) is 0 Å². The molecule has 0 saturated heterocycles. The van der Waals surface area contributed by atoms with Crippen molar-refractivity contribution in [3.05, 3.63) is 93.0 Å². The summed E-state index contributed by atoms with van der Waals surface area (Å²) in [5, 5.41) is 8.27. The van der Waals surface area contributed by atoms with Crippen LogP contribution in [0.5, 0.6) is 0 Å². The summed E-state index contributed by atoms with van der Waals surface area (Å²) in [7, 11) is 0. The lowest BCUT2D eigenvalue weighted by molar-refractivity contribution is 1.33. The Hall–Kier alpha value is -3.12. The van der Waals surface area contributed by atoms with Crippen LogP contribution < -0.4 is 0 Å². The fourth-order valence-corrected chi connectivity index (χ4v) is 5.19. The zero-order chi connectivity index (χ0) is 22.9. The molecule has 0 aliphatic rings. The third-order valence-corrected chi connectivity index (χ3v) is 7.83. The van der Waals surface area contributed by atoms with Gasteiger partial charge in [0.25, 0.3) is 0 Å². The Kier molecular flexibility index (Phi) is 4.67. The fraction of sp³-hybridized carbons (Fsp3) is 0.250. The van der Waals surface area contributed by atoms with E-state index in [1.165, 1.54) is 88.0 Å². The maximum absolute atomic E-state index is 2.45. The minimum Gasteiger partial charge on any atom is -0.0584 e. The monoisotopic (exact) mass is 416 g/mol. The highest BCUT2D eigenvalue weighted by Crippen LogP contribution is 2.42. The maximum Gasteiger partial charge on any atom is -0.00665 e. The Balaban J connectivity index is 2.04. The minimum absolute atomic E-state index is 1.31. The molecule has 5 aromatic rings. The van der Waals surface area contributed by atoms with E-state index in [1.807, 2.05) is 0 Å². The topological polar surface area (TPSA) is 0 Å². The van der Waals surface area contributed by atoms with Gasteiger partial charge in [-0.05, 0) is 149 Å². The summed E-state index contributed by atoms with van der Waals surface area (Å²) in [6.45, 7) is 17.9. The molecule has 0 fully saturated rings. The Morgan fingerprint density at radius 3 is 1.34 bits per heavy atom. The van der Waals surface area contributed by atoms with Gasteiger partial charge in [-0.25, -0.2) is 0 Å². The molecule has 0 amide bonds. The summed E-state index contributed by atoms with van der Waals surface area (Å²) >= 11 is 0. The zero-order valence-electron chi connectivity index (χ0n) is 20.6. The molecule has 0 heterocycles. The molecular formula is C32H32. The molecule has 5 rings (SSSR count). The van der Waals surface area contributed by atoms with Crippen LogP contribution in [0.15, 0.2) is 48.5 Å². The highest BCUT2D eigenvalue weighted by Gasteiger charge is 2.17. The van der Waals surface area contributed by atoms with Crippen LogP contribution in [0.25, 0.3) is 43.4 Å². The van der Waals surface area contributed by atoms with Crippen molar-refractivity contribution in [2.75, 3.05) is 0 Å². The highest BCUT2D eigenvalue weighted by molar-refractivity contribution is 6.27. The predicted octanol–water partition coefficient (Wildman–Crippen LogP) is 9.28. The second-order valence-electron chi connectivity index (χ2n) is 9.86. The van der Waals surface area contributed by atoms with Crippen LogP contribution in [-0.4, -0.2) is 0 Å². The number of fused-ring (bicyclic) bond motifs is 6. The lowest BCUT2D eigenvalue weighted by Crippen LogP contribution is -1.95. The van der Waals surface area contributed by atoms with Gasteiger partial charge in [-0.1, -0.05) is 42.5 Å². The first kappa shape index (κ1) is 20.8. The second kappa shape index (κ2) is 7.20. The number of hydrogen-bond acceptors (Lipinski definition) is 0. The van der Waals surface area contributed by atoms with Gasteiger partial charge in [0.15, 0.2) is 0 Å². The summed E-state index contributed by atoms with van der Waals surface area (Å²) in [5.74, 6) is 0. The first-order chi connectivity index (χ1) is 15.2. The molecule has 0 saturated carbocycles. The van der Waals surface area contributed by atoms with Crippen molar-refractivity contribution in [2.45, 2.75) is 55.4 Å². The molecular weight excluding hydrogens is 384 g/mol. The lowest BCUT2D eigenvalue weighted by atomic mass is 9.84. The molecule has 0 atom stereocenters. The SMILES string of the molecule is Cc1ccc(-c2cc3c4cc(C)c(C)cc4c4cc(C)c(C)cc4c3c(C)c2C)cc1C. The van der Waals surface area contributed by atoms with Crippen molar-refractivity contribution in [3.63, 3.8) is 0 Å². The summed E-state index contributed by atoms with van der Waals surface area (Å²) in [5.41, 5.74) is 13.6. The van der Waals surface area contributed by atoms with Crippen molar-refractivity contribution < 1.29 is 0 Å². The van der Waals surface area contributed by atoms with Gasteiger partial charge in [0.2, 0.25) is 0 Å². The molecule has 0 aliphatic heterocycles. The van der Waals surface area contributed by atoms with E-state index in [4.69, 9.17) is 0 Å². The number of hydrogen-bond donors (Lipinski definition) is 0. The first-order valence-electron chi connectivity index (χ1n) is 11.6. The third kappa shape index (κ3) is 2.97. The van der Waals surface area contributed by atoms with E-state index >= 15 is 0 Å². The average Bonchev–Trinajstić information content (AvgIpc) is 2.75. The quantitative estimate of drug-likeness (QED) is 0.239. The lowest BCUT2D eigenvalue weighted by Gasteiger charge is -2.20. The molecule has 160 valence electrons. The number of aryl methyl sites for hydroxylation is 7. The standard InChI is InChI=1S/C32H32/c1-17-9-10-25(11-18(17)2)26-16-31-29-14-20(4)19(3)12-27(29)28-13-21(5)22(6)15-30(28)32(31)24(8)23(26)7/h9-16H,1-8H3. The molecule has 0 aromatic heterocycles. The largest absolute Gasteiger partial charge is 0.0584 e. The van der Waals surface area contributed by atoms with Crippen molar-refractivity contribution in [1.29, 1.82) is 0 Å². The zero-order valence-corrected chi connectivity index (χ0v) is 20.6. The van der Waals surface area contributed by atoms with Crippen molar-refractivity contribution in [2.24, 2.45) is 0 Å². The van der Waals surface area contributed by atoms with Gasteiger partial charge >= 0.3 is 0 Å². The van der Waals surface area contributed by atoms with E-state index in [0.29, 0.717) is 0 Å². The van der Waals surface area contributed by atoms with Crippen molar-refractivity contribution in [3.8, 4) is 11.1 Å². The average molecular weight is 417 g/mol. The Bertz CT molecular complexity index is 1580. The summed E-state index contributed by atoms with van der Waals surface area (Å²) in [4.78, 5) is 0. The van der Waals surface area contributed by atoms with Crippen LogP contribution in [0.1, 0.15) is 44.5 Å². The molecule has 0 N–H and O–H groups in total. The third-order valence-electron chi connectivity index (χ3n) is 7.83. The van der Waals surface area contributed by atoms with E-state index in [0.717, 1.165) is 0 Å². The maximum atomic E-state index is 2.45. The van der Waals surface area contributed by atoms with Crippen LogP contribution in [0.2, 0.25) is 0 Å². The van der Waals surface area contributed by atoms with Gasteiger partial charge in [-0.15, -0.1) is 0 Å². The van der Waals surface area contributed by atoms with Crippen LogP contribution in [-0.2, 0) is 0 Å². The molecule has 0 heteroatoms. The van der Waals surface area contributed by atoms with E-state index < -0.39 is 0 Å². The van der Waals surface area contributed by atoms with Crippen LogP contribution in [0, 0.1) is 55.4 Å². The van der Waals surface area contributed by atoms with Crippen LogP contribution in [0.4, 0.5) is 0 Å².